The highest BCUT2D eigenvalue weighted by molar-refractivity contribution is 5.75. The number of nitriles is 1. The molecule has 11 heteroatoms. The summed E-state index contributed by atoms with van der Waals surface area (Å²) in [6.07, 6.45) is 7.25. The third kappa shape index (κ3) is 3.94. The van der Waals surface area contributed by atoms with Gasteiger partial charge < -0.3 is 14.8 Å². The van der Waals surface area contributed by atoms with Crippen LogP contribution in [0.5, 0.6) is 11.6 Å². The van der Waals surface area contributed by atoms with Crippen molar-refractivity contribution in [3.05, 3.63) is 42.6 Å². The summed E-state index contributed by atoms with van der Waals surface area (Å²) in [4.78, 5) is 13.5. The number of hydrogen-bond acceptors (Lipinski definition) is 9. The molecule has 0 aliphatic carbocycles. The van der Waals surface area contributed by atoms with Crippen LogP contribution in [0, 0.1) is 11.3 Å². The van der Waals surface area contributed by atoms with Gasteiger partial charge in [-0.25, -0.2) is 19.6 Å². The number of rotatable bonds is 1. The molecule has 4 aromatic heterocycles. The number of aryl methyl sites for hydroxylation is 2. The highest BCUT2D eigenvalue weighted by Gasteiger charge is 2.20. The number of hydrogen-bond donors (Lipinski definition) is 1. The largest absolute Gasteiger partial charge is 0.490 e. The van der Waals surface area contributed by atoms with E-state index in [1.807, 2.05) is 14.0 Å². The van der Waals surface area contributed by atoms with Gasteiger partial charge in [-0.2, -0.15) is 15.5 Å². The Morgan fingerprint density at radius 2 is 2.03 bits per heavy atom. The van der Waals surface area contributed by atoms with E-state index in [0.717, 1.165) is 0 Å². The van der Waals surface area contributed by atoms with Crippen LogP contribution in [0.25, 0.3) is 22.5 Å². The van der Waals surface area contributed by atoms with Gasteiger partial charge in [0.25, 0.3) is 0 Å². The zero-order chi connectivity index (χ0) is 22.9. The Hall–Kier alpha value is -4.46. The average molecular weight is 443 g/mol. The minimum Gasteiger partial charge on any atom is -0.490 e. The van der Waals surface area contributed by atoms with Gasteiger partial charge in [-0.05, 0) is 13.0 Å². The van der Waals surface area contributed by atoms with Gasteiger partial charge in [0, 0.05) is 56.3 Å². The number of ether oxygens (including phenoxy) is 2. The molecule has 1 aliphatic heterocycles. The molecule has 5 heterocycles. The van der Waals surface area contributed by atoms with Crippen molar-refractivity contribution in [2.75, 3.05) is 11.9 Å². The van der Waals surface area contributed by atoms with E-state index in [1.54, 1.807) is 53.3 Å². The summed E-state index contributed by atoms with van der Waals surface area (Å²) >= 11 is 0. The Bertz CT molecular complexity index is 1370. The number of nitrogens with one attached hydrogen (secondary N) is 1. The first-order valence-electron chi connectivity index (χ1n) is 10.4. The van der Waals surface area contributed by atoms with Crippen molar-refractivity contribution in [1.82, 2.24) is 34.5 Å². The molecular weight excluding hydrogens is 422 g/mol. The maximum Gasteiger partial charge on any atom is 0.222 e. The van der Waals surface area contributed by atoms with Crippen molar-refractivity contribution < 1.29 is 9.47 Å². The van der Waals surface area contributed by atoms with E-state index < -0.39 is 0 Å². The maximum absolute atomic E-state index is 9.51. The van der Waals surface area contributed by atoms with E-state index >= 15 is 0 Å². The first-order chi connectivity index (χ1) is 16.0. The van der Waals surface area contributed by atoms with Crippen LogP contribution in [-0.2, 0) is 14.1 Å². The molecule has 166 valence electrons. The fourth-order valence-electron chi connectivity index (χ4n) is 3.61. The smallest absolute Gasteiger partial charge is 0.222 e. The predicted octanol–water partition coefficient (Wildman–Crippen LogP) is 2.84. The minimum absolute atomic E-state index is 0.171. The normalized spacial score (nSPS) is 15.3. The standard InChI is InChI=1S/C22H21N9O2/c1-13-5-7-32-22-15(11-26-31(22)3)21-24-6-4-19(28-21)27-20-8-18(33-13)14(10-25-20)16-12-30(2)29-17(16)9-23/h4,6,8,10-13H,5,7H2,1-3H3,(H,24,25,27,28)/t13-/m0/s1. The Kier molecular flexibility index (Phi) is 5.10. The lowest BCUT2D eigenvalue weighted by Gasteiger charge is -2.19. The van der Waals surface area contributed by atoms with Crippen LogP contribution in [0.1, 0.15) is 19.0 Å². The van der Waals surface area contributed by atoms with E-state index in [-0.39, 0.29) is 6.10 Å². The molecule has 1 atom stereocenters. The highest BCUT2D eigenvalue weighted by Crippen LogP contribution is 2.35. The molecule has 0 spiro atoms. The Morgan fingerprint density at radius 1 is 1.15 bits per heavy atom. The van der Waals surface area contributed by atoms with Gasteiger partial charge in [-0.3, -0.25) is 4.68 Å². The van der Waals surface area contributed by atoms with Gasteiger partial charge in [0.2, 0.25) is 5.88 Å². The highest BCUT2D eigenvalue weighted by atomic mass is 16.5. The third-order valence-corrected chi connectivity index (χ3v) is 5.22. The van der Waals surface area contributed by atoms with E-state index in [9.17, 15) is 5.26 Å². The van der Waals surface area contributed by atoms with Gasteiger partial charge in [-0.15, -0.1) is 0 Å². The topological polar surface area (TPSA) is 129 Å². The van der Waals surface area contributed by atoms with Crippen LogP contribution < -0.4 is 14.8 Å². The van der Waals surface area contributed by atoms with Gasteiger partial charge in [-0.1, -0.05) is 0 Å². The quantitative estimate of drug-likeness (QED) is 0.472. The van der Waals surface area contributed by atoms with Crippen molar-refractivity contribution >= 4 is 11.6 Å². The molecular formula is C22H21N9O2. The summed E-state index contributed by atoms with van der Waals surface area (Å²) in [6.45, 7) is 2.38. The molecule has 0 saturated heterocycles. The van der Waals surface area contributed by atoms with Crippen LogP contribution in [0.15, 0.2) is 36.9 Å². The molecule has 5 rings (SSSR count). The summed E-state index contributed by atoms with van der Waals surface area (Å²) in [6, 6.07) is 5.68. The summed E-state index contributed by atoms with van der Waals surface area (Å²) in [5.74, 6) is 2.77. The molecule has 0 radical (unpaired) electrons. The van der Waals surface area contributed by atoms with Crippen molar-refractivity contribution in [1.29, 1.82) is 5.26 Å². The second-order valence-corrected chi connectivity index (χ2v) is 7.69. The second kappa shape index (κ2) is 8.23. The van der Waals surface area contributed by atoms with Gasteiger partial charge >= 0.3 is 0 Å². The predicted molar refractivity (Wildman–Crippen MR) is 119 cm³/mol. The zero-order valence-electron chi connectivity index (χ0n) is 18.3. The van der Waals surface area contributed by atoms with Crippen LogP contribution in [0.4, 0.5) is 11.6 Å². The molecule has 0 saturated carbocycles. The van der Waals surface area contributed by atoms with E-state index in [1.165, 1.54) is 0 Å². The first kappa shape index (κ1) is 20.4. The molecule has 11 nitrogen and oxygen atoms in total. The fraction of sp³-hybridized carbons (Fsp3) is 0.273. The van der Waals surface area contributed by atoms with Crippen LogP contribution >= 0.6 is 0 Å². The van der Waals surface area contributed by atoms with Crippen molar-refractivity contribution in [3.8, 4) is 40.2 Å². The second-order valence-electron chi connectivity index (χ2n) is 7.69. The molecule has 0 fully saturated rings. The van der Waals surface area contributed by atoms with Crippen LogP contribution in [-0.4, -0.2) is 47.2 Å². The van der Waals surface area contributed by atoms with E-state index in [0.29, 0.717) is 64.5 Å². The number of nitrogens with zero attached hydrogens (tertiary/aromatic N) is 8. The Morgan fingerprint density at radius 3 is 2.88 bits per heavy atom. The SMILES string of the molecule is C[C@H]1CCOc2c(cnn2C)-c2nccc(n2)Nc2cc(c(-c3cn(C)nc3C#N)cn2)O1. The first-order valence-corrected chi connectivity index (χ1v) is 10.4. The fourth-order valence-corrected chi connectivity index (χ4v) is 3.61. The van der Waals surface area contributed by atoms with E-state index in [2.05, 4.69) is 36.5 Å². The molecule has 0 aromatic carbocycles. The lowest BCUT2D eigenvalue weighted by molar-refractivity contribution is 0.173. The summed E-state index contributed by atoms with van der Waals surface area (Å²) in [5.41, 5.74) is 2.35. The monoisotopic (exact) mass is 443 g/mol. The van der Waals surface area contributed by atoms with Crippen LogP contribution in [0.2, 0.25) is 0 Å². The number of pyridine rings is 1. The molecule has 33 heavy (non-hydrogen) atoms. The molecule has 4 aromatic rings. The van der Waals surface area contributed by atoms with Gasteiger partial charge in [0.15, 0.2) is 11.5 Å². The number of aromatic nitrogens is 7. The lowest BCUT2D eigenvalue weighted by atomic mass is 10.1. The van der Waals surface area contributed by atoms with E-state index in [4.69, 9.17) is 9.47 Å². The Balaban J connectivity index is 1.60. The van der Waals surface area contributed by atoms with Crippen molar-refractivity contribution in [2.24, 2.45) is 14.1 Å². The summed E-state index contributed by atoms with van der Waals surface area (Å²) in [5, 5.41) is 21.2. The third-order valence-electron chi connectivity index (χ3n) is 5.22. The molecule has 0 amide bonds. The minimum atomic E-state index is -0.171. The molecule has 1 aliphatic rings. The summed E-state index contributed by atoms with van der Waals surface area (Å²) in [7, 11) is 3.58. The number of anilines is 2. The van der Waals surface area contributed by atoms with Gasteiger partial charge in [0.05, 0.1) is 18.9 Å². The van der Waals surface area contributed by atoms with Crippen LogP contribution in [0.3, 0.4) is 0 Å². The zero-order valence-corrected chi connectivity index (χ0v) is 18.3. The molecule has 0 unspecified atom stereocenters. The van der Waals surface area contributed by atoms with Crippen molar-refractivity contribution in [2.45, 2.75) is 19.4 Å². The Labute approximate surface area is 189 Å². The average Bonchev–Trinajstić information content (AvgIpc) is 3.36. The summed E-state index contributed by atoms with van der Waals surface area (Å²) < 4.78 is 15.6. The number of fused-ring (bicyclic) bond motifs is 6. The maximum atomic E-state index is 9.51. The van der Waals surface area contributed by atoms with Gasteiger partial charge in [0.1, 0.15) is 29.0 Å². The molecule has 1 N–H and O–H groups in total. The molecule has 4 bridgehead atoms. The van der Waals surface area contributed by atoms with Crippen molar-refractivity contribution in [3.63, 3.8) is 0 Å². The lowest BCUT2D eigenvalue weighted by Crippen LogP contribution is -2.17.